The number of esters is 1. The van der Waals surface area contributed by atoms with Crippen LogP contribution in [-0.4, -0.2) is 11.9 Å². The van der Waals surface area contributed by atoms with Gasteiger partial charge in [-0.1, -0.05) is 89.9 Å². The Morgan fingerprint density at radius 3 is 1.93 bits per heavy atom. The fourth-order valence-corrected chi connectivity index (χ4v) is 2.90. The van der Waals surface area contributed by atoms with Crippen LogP contribution in [0.25, 0.3) is 0 Å². The molecule has 0 radical (unpaired) electrons. The van der Waals surface area contributed by atoms with Crippen molar-refractivity contribution in [3.63, 3.8) is 0 Å². The van der Waals surface area contributed by atoms with Gasteiger partial charge < -0.3 is 10.5 Å². The molecule has 4 nitrogen and oxygen atoms in total. The Morgan fingerprint density at radius 2 is 1.41 bits per heavy atom. The predicted octanol–water partition coefficient (Wildman–Crippen LogP) is 6.12. The molecule has 0 aliphatic carbocycles. The molecule has 2 N–H and O–H groups in total. The van der Waals surface area contributed by atoms with E-state index in [2.05, 4.69) is 13.0 Å². The number of hydrogen-bond donors (Lipinski definition) is 1. The van der Waals surface area contributed by atoms with E-state index in [0.717, 1.165) is 6.42 Å². The molecule has 0 aromatic heterocycles. The highest BCUT2D eigenvalue weighted by molar-refractivity contribution is 5.93. The minimum atomic E-state index is -0.553. The van der Waals surface area contributed by atoms with Gasteiger partial charge in [0, 0.05) is 6.08 Å². The van der Waals surface area contributed by atoms with Gasteiger partial charge in [0.1, 0.15) is 5.76 Å². The number of carbonyl (C=O) groups excluding carboxylic acids is 2. The van der Waals surface area contributed by atoms with E-state index in [-0.39, 0.29) is 5.76 Å². The van der Waals surface area contributed by atoms with Crippen molar-refractivity contribution in [2.45, 2.75) is 97.8 Å². The number of carbonyl (C=O) groups is 2. The van der Waals surface area contributed by atoms with Crippen molar-refractivity contribution in [3.8, 4) is 0 Å². The van der Waals surface area contributed by atoms with Gasteiger partial charge >= 0.3 is 5.97 Å². The lowest BCUT2D eigenvalue weighted by Crippen LogP contribution is -2.16. The highest BCUT2D eigenvalue weighted by atomic mass is 16.5. The van der Waals surface area contributed by atoms with Gasteiger partial charge in [-0.2, -0.15) is 0 Å². The van der Waals surface area contributed by atoms with Crippen LogP contribution in [0.4, 0.5) is 0 Å². The molecule has 0 aliphatic rings. The Morgan fingerprint density at radius 1 is 0.852 bits per heavy atom. The van der Waals surface area contributed by atoms with Crippen LogP contribution < -0.4 is 5.73 Å². The summed E-state index contributed by atoms with van der Waals surface area (Å²) in [5, 5.41) is 0. The third kappa shape index (κ3) is 15.0. The molecular weight excluding hydrogens is 338 g/mol. The molecule has 154 valence electrons. The topological polar surface area (TPSA) is 69.4 Å². The van der Waals surface area contributed by atoms with Crippen LogP contribution in [0.2, 0.25) is 0 Å². The molecular formula is C23H39NO3. The zero-order valence-corrected chi connectivity index (χ0v) is 17.6. The standard InChI is InChI=1S/C23H39NO3/c1-4-6-7-8-9-10-11-12-13-14-15-16-17-18-19-22(25)27-20(3)21(5-2)23(24)26/h16-19H,4-15H2,1-3H3,(H2,24,26). The Labute approximate surface area is 165 Å². The maximum atomic E-state index is 11.7. The number of amides is 1. The summed E-state index contributed by atoms with van der Waals surface area (Å²) in [4.78, 5) is 22.9. The van der Waals surface area contributed by atoms with E-state index in [0.29, 0.717) is 12.0 Å². The van der Waals surface area contributed by atoms with Crippen LogP contribution in [0, 0.1) is 0 Å². The van der Waals surface area contributed by atoms with E-state index < -0.39 is 11.9 Å². The molecule has 0 saturated carbocycles. The van der Waals surface area contributed by atoms with E-state index in [1.54, 1.807) is 19.9 Å². The molecule has 27 heavy (non-hydrogen) atoms. The Bertz CT molecular complexity index is 504. The molecule has 0 rings (SSSR count). The lowest BCUT2D eigenvalue weighted by Gasteiger charge is -2.06. The summed E-state index contributed by atoms with van der Waals surface area (Å²) in [5.41, 5.74) is 5.58. The van der Waals surface area contributed by atoms with Crippen LogP contribution >= 0.6 is 0 Å². The van der Waals surface area contributed by atoms with Crippen LogP contribution in [0.1, 0.15) is 97.8 Å². The quantitative estimate of drug-likeness (QED) is 0.116. The summed E-state index contributed by atoms with van der Waals surface area (Å²) in [7, 11) is 0. The van der Waals surface area contributed by atoms with Gasteiger partial charge in [0.25, 0.3) is 0 Å². The van der Waals surface area contributed by atoms with Crippen molar-refractivity contribution in [3.05, 3.63) is 35.6 Å². The maximum absolute atomic E-state index is 11.7. The predicted molar refractivity (Wildman–Crippen MR) is 113 cm³/mol. The van der Waals surface area contributed by atoms with Gasteiger partial charge in [-0.15, -0.1) is 0 Å². The van der Waals surface area contributed by atoms with E-state index in [1.807, 2.05) is 6.08 Å². The SMILES string of the molecule is CCCCCCCCCCCCC=CC=CC(=O)OC(C)=C(CC)C(N)=O. The summed E-state index contributed by atoms with van der Waals surface area (Å²) in [6, 6.07) is 0. The average molecular weight is 378 g/mol. The monoisotopic (exact) mass is 377 g/mol. The Balaban J connectivity index is 3.76. The fourth-order valence-electron chi connectivity index (χ4n) is 2.90. The second kappa shape index (κ2) is 17.6. The summed E-state index contributed by atoms with van der Waals surface area (Å²) in [6.45, 7) is 5.63. The number of nitrogens with two attached hydrogens (primary N) is 1. The number of unbranched alkanes of at least 4 members (excludes halogenated alkanes) is 10. The van der Waals surface area contributed by atoms with E-state index >= 15 is 0 Å². The van der Waals surface area contributed by atoms with Crippen LogP contribution in [0.5, 0.6) is 0 Å². The maximum Gasteiger partial charge on any atom is 0.335 e. The van der Waals surface area contributed by atoms with Gasteiger partial charge in [0.05, 0.1) is 5.57 Å². The molecule has 0 spiro atoms. The van der Waals surface area contributed by atoms with Gasteiger partial charge in [0.15, 0.2) is 0 Å². The van der Waals surface area contributed by atoms with Crippen LogP contribution in [0.15, 0.2) is 35.6 Å². The van der Waals surface area contributed by atoms with Crippen molar-refractivity contribution in [2.24, 2.45) is 5.73 Å². The molecule has 1 amide bonds. The lowest BCUT2D eigenvalue weighted by molar-refractivity contribution is -0.133. The van der Waals surface area contributed by atoms with Crippen molar-refractivity contribution in [2.75, 3.05) is 0 Å². The van der Waals surface area contributed by atoms with E-state index in [9.17, 15) is 9.59 Å². The Kier molecular flexibility index (Phi) is 16.4. The van der Waals surface area contributed by atoms with Gasteiger partial charge in [-0.05, 0) is 26.2 Å². The highest BCUT2D eigenvalue weighted by Crippen LogP contribution is 2.12. The smallest absolute Gasteiger partial charge is 0.335 e. The number of allylic oxidation sites excluding steroid dienone is 4. The summed E-state index contributed by atoms with van der Waals surface area (Å²) >= 11 is 0. The van der Waals surface area contributed by atoms with Crippen LogP contribution in [0.3, 0.4) is 0 Å². The van der Waals surface area contributed by atoms with Crippen molar-refractivity contribution >= 4 is 11.9 Å². The molecule has 0 heterocycles. The van der Waals surface area contributed by atoms with Gasteiger partial charge in [-0.3, -0.25) is 4.79 Å². The fraction of sp³-hybridized carbons (Fsp3) is 0.652. The zero-order chi connectivity index (χ0) is 20.3. The Hall–Kier alpha value is -1.84. The average Bonchev–Trinajstić information content (AvgIpc) is 2.62. The number of rotatable bonds is 16. The van der Waals surface area contributed by atoms with Gasteiger partial charge in [-0.25, -0.2) is 4.79 Å². The second-order valence-electron chi connectivity index (χ2n) is 6.93. The molecule has 0 aliphatic heterocycles. The molecule has 0 atom stereocenters. The van der Waals surface area contributed by atoms with Crippen molar-refractivity contribution < 1.29 is 14.3 Å². The lowest BCUT2D eigenvalue weighted by atomic mass is 10.1. The normalized spacial score (nSPS) is 12.6. The second-order valence-corrected chi connectivity index (χ2v) is 6.93. The van der Waals surface area contributed by atoms with E-state index in [1.165, 1.54) is 70.3 Å². The van der Waals surface area contributed by atoms with Crippen molar-refractivity contribution in [1.29, 1.82) is 0 Å². The molecule has 4 heteroatoms. The molecule has 0 aromatic rings. The number of ether oxygens (including phenoxy) is 1. The summed E-state index contributed by atoms with van der Waals surface area (Å²) in [6.07, 6.45) is 21.8. The van der Waals surface area contributed by atoms with Gasteiger partial charge in [0.2, 0.25) is 5.91 Å². The largest absolute Gasteiger partial charge is 0.428 e. The minimum Gasteiger partial charge on any atom is -0.428 e. The highest BCUT2D eigenvalue weighted by Gasteiger charge is 2.10. The number of primary amides is 1. The minimum absolute atomic E-state index is 0.272. The zero-order valence-electron chi connectivity index (χ0n) is 17.6. The van der Waals surface area contributed by atoms with Crippen molar-refractivity contribution in [1.82, 2.24) is 0 Å². The first-order valence-corrected chi connectivity index (χ1v) is 10.6. The third-order valence-corrected chi connectivity index (χ3v) is 4.53. The summed E-state index contributed by atoms with van der Waals surface area (Å²) in [5.74, 6) is -0.777. The molecule has 0 aromatic carbocycles. The first-order valence-electron chi connectivity index (χ1n) is 10.6. The first kappa shape index (κ1) is 25.2. The summed E-state index contributed by atoms with van der Waals surface area (Å²) < 4.78 is 5.10. The molecule has 0 bridgehead atoms. The van der Waals surface area contributed by atoms with Crippen LogP contribution in [-0.2, 0) is 14.3 Å². The number of hydrogen-bond acceptors (Lipinski definition) is 3. The third-order valence-electron chi connectivity index (χ3n) is 4.53. The first-order chi connectivity index (χ1) is 13.0. The molecule has 0 unspecified atom stereocenters. The van der Waals surface area contributed by atoms with E-state index in [4.69, 9.17) is 10.5 Å². The molecule has 0 saturated heterocycles. The molecule has 0 fully saturated rings.